The first-order chi connectivity index (χ1) is 7.36. The van der Waals surface area contributed by atoms with Crippen LogP contribution in [0.25, 0.3) is 0 Å². The van der Waals surface area contributed by atoms with Gasteiger partial charge >= 0.3 is 0 Å². The third kappa shape index (κ3) is 2.82. The Labute approximate surface area is 95.5 Å². The van der Waals surface area contributed by atoms with Crippen molar-refractivity contribution in [1.29, 1.82) is 0 Å². The van der Waals surface area contributed by atoms with Crippen LogP contribution in [0.4, 0.5) is 0 Å². The minimum atomic E-state index is -3.26. The first-order valence-electron chi connectivity index (χ1n) is 4.84. The van der Waals surface area contributed by atoms with E-state index in [9.17, 15) is 8.42 Å². The molecule has 0 saturated carbocycles. The van der Waals surface area contributed by atoms with Crippen molar-refractivity contribution in [2.24, 2.45) is 5.16 Å². The van der Waals surface area contributed by atoms with Crippen LogP contribution in [0.15, 0.2) is 29.4 Å². The standard InChI is InChI=1S/C11H15NO3S/c1-8-4-6-10(7-5-8)11(12-13)9(2)16(3,14)15/h4-7,9,13H,1-3H3/b12-11+/t9-/m1/s1. The second-order valence-corrected chi connectivity index (χ2v) is 6.19. The number of rotatable bonds is 3. The van der Waals surface area contributed by atoms with Crippen LogP contribution in [0.1, 0.15) is 18.1 Å². The Bertz CT molecular complexity index is 488. The molecule has 1 N–H and O–H groups in total. The lowest BCUT2D eigenvalue weighted by Gasteiger charge is -2.11. The van der Waals surface area contributed by atoms with Gasteiger partial charge in [-0.3, -0.25) is 0 Å². The fourth-order valence-electron chi connectivity index (χ4n) is 1.30. The highest BCUT2D eigenvalue weighted by molar-refractivity contribution is 7.92. The Morgan fingerprint density at radius 1 is 1.31 bits per heavy atom. The van der Waals surface area contributed by atoms with E-state index in [2.05, 4.69) is 5.16 Å². The Balaban J connectivity index is 3.15. The molecule has 0 heterocycles. The lowest BCUT2D eigenvalue weighted by Crippen LogP contribution is -2.27. The van der Waals surface area contributed by atoms with Crippen molar-refractivity contribution in [1.82, 2.24) is 0 Å². The topological polar surface area (TPSA) is 66.7 Å². The van der Waals surface area contributed by atoms with E-state index < -0.39 is 15.1 Å². The van der Waals surface area contributed by atoms with E-state index in [1.807, 2.05) is 19.1 Å². The third-order valence-electron chi connectivity index (χ3n) is 2.48. The van der Waals surface area contributed by atoms with Crippen LogP contribution < -0.4 is 0 Å². The fraction of sp³-hybridized carbons (Fsp3) is 0.364. The van der Waals surface area contributed by atoms with Crippen molar-refractivity contribution in [3.05, 3.63) is 35.4 Å². The Kier molecular flexibility index (Phi) is 3.70. The van der Waals surface area contributed by atoms with Gasteiger partial charge in [-0.2, -0.15) is 0 Å². The molecule has 0 spiro atoms. The van der Waals surface area contributed by atoms with Crippen molar-refractivity contribution in [2.45, 2.75) is 19.1 Å². The summed E-state index contributed by atoms with van der Waals surface area (Å²) in [6, 6.07) is 7.17. The Hall–Kier alpha value is -1.36. The highest BCUT2D eigenvalue weighted by atomic mass is 32.2. The molecule has 1 aromatic carbocycles. The molecule has 0 aliphatic carbocycles. The molecule has 0 aliphatic heterocycles. The molecule has 0 radical (unpaired) electrons. The van der Waals surface area contributed by atoms with Gasteiger partial charge < -0.3 is 5.21 Å². The summed E-state index contributed by atoms with van der Waals surface area (Å²) >= 11 is 0. The first kappa shape index (κ1) is 12.7. The van der Waals surface area contributed by atoms with E-state index >= 15 is 0 Å². The molecule has 0 amide bonds. The summed E-state index contributed by atoms with van der Waals surface area (Å²) in [4.78, 5) is 0. The smallest absolute Gasteiger partial charge is 0.155 e. The van der Waals surface area contributed by atoms with Gasteiger partial charge in [0.15, 0.2) is 9.84 Å². The van der Waals surface area contributed by atoms with Crippen LogP contribution in [-0.2, 0) is 9.84 Å². The van der Waals surface area contributed by atoms with Gasteiger partial charge in [-0.25, -0.2) is 8.42 Å². The normalized spacial score (nSPS) is 14.8. The minimum absolute atomic E-state index is 0.169. The fourth-order valence-corrected chi connectivity index (χ4v) is 1.89. The predicted octanol–water partition coefficient (Wildman–Crippen LogP) is 1.61. The summed E-state index contributed by atoms with van der Waals surface area (Å²) in [7, 11) is -3.26. The zero-order valence-electron chi connectivity index (χ0n) is 9.51. The van der Waals surface area contributed by atoms with Gasteiger partial charge in [0.05, 0.1) is 0 Å². The molecule has 0 fully saturated rings. The van der Waals surface area contributed by atoms with Crippen molar-refractivity contribution in [3.8, 4) is 0 Å². The van der Waals surface area contributed by atoms with Crippen molar-refractivity contribution >= 4 is 15.5 Å². The lowest BCUT2D eigenvalue weighted by atomic mass is 10.1. The van der Waals surface area contributed by atoms with E-state index in [-0.39, 0.29) is 5.71 Å². The second kappa shape index (κ2) is 4.65. The van der Waals surface area contributed by atoms with E-state index in [1.54, 1.807) is 12.1 Å². The number of aryl methyl sites for hydroxylation is 1. The predicted molar refractivity (Wildman–Crippen MR) is 63.8 cm³/mol. The summed E-state index contributed by atoms with van der Waals surface area (Å²) in [5.41, 5.74) is 1.85. The van der Waals surface area contributed by atoms with Gasteiger partial charge in [0.1, 0.15) is 11.0 Å². The third-order valence-corrected chi connectivity index (χ3v) is 3.99. The molecule has 0 aromatic heterocycles. The Morgan fingerprint density at radius 2 is 1.81 bits per heavy atom. The number of oxime groups is 1. The maximum absolute atomic E-state index is 11.4. The number of sulfone groups is 1. The largest absolute Gasteiger partial charge is 0.411 e. The zero-order valence-corrected chi connectivity index (χ0v) is 10.3. The molecule has 1 rings (SSSR count). The second-order valence-electron chi connectivity index (χ2n) is 3.82. The van der Waals surface area contributed by atoms with Gasteiger partial charge in [-0.1, -0.05) is 35.0 Å². The van der Waals surface area contributed by atoms with Gasteiger partial charge in [0.2, 0.25) is 0 Å². The average molecular weight is 241 g/mol. The van der Waals surface area contributed by atoms with Crippen LogP contribution in [0.3, 0.4) is 0 Å². The summed E-state index contributed by atoms with van der Waals surface area (Å²) in [6.07, 6.45) is 1.12. The maximum atomic E-state index is 11.4. The molecule has 5 heteroatoms. The first-order valence-corrected chi connectivity index (χ1v) is 6.79. The van der Waals surface area contributed by atoms with E-state index in [0.29, 0.717) is 5.56 Å². The molecule has 0 aliphatic rings. The number of hydrogen-bond acceptors (Lipinski definition) is 4. The van der Waals surface area contributed by atoms with Crippen LogP contribution in [0, 0.1) is 6.92 Å². The average Bonchev–Trinajstić information content (AvgIpc) is 2.20. The van der Waals surface area contributed by atoms with Crippen LogP contribution in [0.5, 0.6) is 0 Å². The SMILES string of the molecule is Cc1ccc(/C(=N/O)[C@@H](C)S(C)(=O)=O)cc1. The van der Waals surface area contributed by atoms with Crippen LogP contribution >= 0.6 is 0 Å². The summed E-state index contributed by atoms with van der Waals surface area (Å²) in [5.74, 6) is 0. The van der Waals surface area contributed by atoms with Crippen LogP contribution in [-0.4, -0.2) is 30.8 Å². The Morgan fingerprint density at radius 3 is 2.19 bits per heavy atom. The van der Waals surface area contributed by atoms with Gasteiger partial charge in [0.25, 0.3) is 0 Å². The molecule has 4 nitrogen and oxygen atoms in total. The van der Waals surface area contributed by atoms with E-state index in [1.165, 1.54) is 6.92 Å². The molecule has 0 unspecified atom stereocenters. The van der Waals surface area contributed by atoms with Crippen molar-refractivity contribution in [2.75, 3.05) is 6.26 Å². The molecule has 1 aromatic rings. The van der Waals surface area contributed by atoms with Gasteiger partial charge in [-0.15, -0.1) is 0 Å². The highest BCUT2D eigenvalue weighted by Crippen LogP contribution is 2.11. The maximum Gasteiger partial charge on any atom is 0.155 e. The van der Waals surface area contributed by atoms with Gasteiger partial charge in [0, 0.05) is 11.8 Å². The number of benzene rings is 1. The highest BCUT2D eigenvalue weighted by Gasteiger charge is 2.23. The molecule has 0 saturated heterocycles. The quantitative estimate of drug-likeness (QED) is 0.496. The van der Waals surface area contributed by atoms with E-state index in [4.69, 9.17) is 5.21 Å². The molecule has 1 atom stereocenters. The van der Waals surface area contributed by atoms with E-state index in [0.717, 1.165) is 11.8 Å². The molecule has 16 heavy (non-hydrogen) atoms. The summed E-state index contributed by atoms with van der Waals surface area (Å²) < 4.78 is 22.8. The lowest BCUT2D eigenvalue weighted by molar-refractivity contribution is 0.318. The van der Waals surface area contributed by atoms with Crippen LogP contribution in [0.2, 0.25) is 0 Å². The molecular weight excluding hydrogens is 226 g/mol. The monoisotopic (exact) mass is 241 g/mol. The van der Waals surface area contributed by atoms with Crippen molar-refractivity contribution in [3.63, 3.8) is 0 Å². The molecule has 0 bridgehead atoms. The molecule has 88 valence electrons. The summed E-state index contributed by atoms with van der Waals surface area (Å²) in [6.45, 7) is 3.43. The van der Waals surface area contributed by atoms with Gasteiger partial charge in [-0.05, 0) is 13.8 Å². The minimum Gasteiger partial charge on any atom is -0.411 e. The zero-order chi connectivity index (χ0) is 12.3. The number of nitrogens with zero attached hydrogens (tertiary/aromatic N) is 1. The summed E-state index contributed by atoms with van der Waals surface area (Å²) in [5, 5.41) is 11.2. The van der Waals surface area contributed by atoms with Crippen molar-refractivity contribution < 1.29 is 13.6 Å². The molecular formula is C11H15NO3S. The number of hydrogen-bond donors (Lipinski definition) is 1.